The molecule has 0 spiro atoms. The van der Waals surface area contributed by atoms with Gasteiger partial charge in [0.25, 0.3) is 0 Å². The lowest BCUT2D eigenvalue weighted by Crippen LogP contribution is -2.44. The number of hydrogen-bond acceptors (Lipinski definition) is 4. The molecule has 1 fully saturated rings. The van der Waals surface area contributed by atoms with E-state index in [1.54, 1.807) is 17.1 Å². The Morgan fingerprint density at radius 1 is 1.09 bits per heavy atom. The summed E-state index contributed by atoms with van der Waals surface area (Å²) in [6.07, 6.45) is 5.40. The summed E-state index contributed by atoms with van der Waals surface area (Å²) in [6, 6.07) is 1.90. The van der Waals surface area contributed by atoms with Crippen molar-refractivity contribution in [2.75, 3.05) is 38.1 Å². The molecule has 3 rings (SSSR count). The van der Waals surface area contributed by atoms with E-state index >= 15 is 0 Å². The second-order valence-corrected chi connectivity index (χ2v) is 5.85. The molecule has 0 aromatic carbocycles. The van der Waals surface area contributed by atoms with E-state index in [1.807, 2.05) is 19.3 Å². The minimum absolute atomic E-state index is 0.501. The van der Waals surface area contributed by atoms with Crippen LogP contribution in [-0.4, -0.2) is 52.9 Å². The maximum Gasteiger partial charge on any atom is 0.131 e. The summed E-state index contributed by atoms with van der Waals surface area (Å²) in [5.74, 6) is 6.33. The zero-order valence-corrected chi connectivity index (χ0v) is 13.5. The Balaban J connectivity index is 1.89. The first kappa shape index (κ1) is 14.9. The molecule has 22 heavy (non-hydrogen) atoms. The fraction of sp³-hybridized carbons (Fsp3) is 0.375. The molecule has 2 aromatic rings. The molecular weight excluding hydrogens is 298 g/mol. The number of aromatic nitrogens is 3. The average molecular weight is 316 g/mol. The Bertz CT molecular complexity index is 720. The monoisotopic (exact) mass is 315 g/mol. The molecule has 2 aromatic heterocycles. The van der Waals surface area contributed by atoms with Gasteiger partial charge in [0.05, 0.1) is 23.0 Å². The number of aryl methyl sites for hydroxylation is 1. The van der Waals surface area contributed by atoms with Crippen molar-refractivity contribution in [1.29, 1.82) is 0 Å². The van der Waals surface area contributed by atoms with Crippen molar-refractivity contribution < 1.29 is 0 Å². The first-order valence-corrected chi connectivity index (χ1v) is 7.59. The predicted octanol–water partition coefficient (Wildman–Crippen LogP) is 1.62. The first-order chi connectivity index (χ1) is 10.6. The van der Waals surface area contributed by atoms with Crippen LogP contribution >= 0.6 is 11.6 Å². The lowest BCUT2D eigenvalue weighted by Gasteiger charge is -2.34. The summed E-state index contributed by atoms with van der Waals surface area (Å²) >= 11 is 6.08. The van der Waals surface area contributed by atoms with E-state index in [0.29, 0.717) is 5.15 Å². The number of anilines is 1. The van der Waals surface area contributed by atoms with Gasteiger partial charge in [-0.3, -0.25) is 4.68 Å². The quantitative estimate of drug-likeness (QED) is 0.592. The molecule has 0 aliphatic carbocycles. The minimum Gasteiger partial charge on any atom is -0.368 e. The molecule has 1 saturated heterocycles. The molecular formula is C16H18ClN5. The molecule has 0 unspecified atom stereocenters. The second kappa shape index (κ2) is 6.39. The van der Waals surface area contributed by atoms with E-state index in [0.717, 1.165) is 43.0 Å². The van der Waals surface area contributed by atoms with E-state index in [-0.39, 0.29) is 0 Å². The lowest BCUT2D eigenvalue weighted by atomic mass is 10.2. The first-order valence-electron chi connectivity index (χ1n) is 7.21. The van der Waals surface area contributed by atoms with Crippen molar-refractivity contribution in [2.45, 2.75) is 0 Å². The maximum absolute atomic E-state index is 6.08. The zero-order valence-electron chi connectivity index (χ0n) is 12.8. The van der Waals surface area contributed by atoms with E-state index in [4.69, 9.17) is 11.6 Å². The van der Waals surface area contributed by atoms with E-state index < -0.39 is 0 Å². The van der Waals surface area contributed by atoms with Gasteiger partial charge in [-0.25, -0.2) is 4.98 Å². The maximum atomic E-state index is 6.08. The van der Waals surface area contributed by atoms with Gasteiger partial charge in [-0.15, -0.1) is 0 Å². The highest BCUT2D eigenvalue weighted by molar-refractivity contribution is 6.29. The Morgan fingerprint density at radius 2 is 1.86 bits per heavy atom. The van der Waals surface area contributed by atoms with Crippen molar-refractivity contribution in [1.82, 2.24) is 19.7 Å². The van der Waals surface area contributed by atoms with Crippen molar-refractivity contribution in [3.05, 3.63) is 40.9 Å². The molecule has 5 nitrogen and oxygen atoms in total. The molecule has 0 N–H and O–H groups in total. The molecule has 0 radical (unpaired) electrons. The van der Waals surface area contributed by atoms with Gasteiger partial charge in [0.15, 0.2) is 0 Å². The zero-order chi connectivity index (χ0) is 15.5. The van der Waals surface area contributed by atoms with E-state index in [9.17, 15) is 0 Å². The van der Waals surface area contributed by atoms with Crippen LogP contribution in [0.4, 0.5) is 5.69 Å². The summed E-state index contributed by atoms with van der Waals surface area (Å²) < 4.78 is 1.74. The predicted molar refractivity (Wildman–Crippen MR) is 88.1 cm³/mol. The van der Waals surface area contributed by atoms with Gasteiger partial charge in [0, 0.05) is 51.7 Å². The number of piperazine rings is 1. The fourth-order valence-electron chi connectivity index (χ4n) is 2.45. The van der Waals surface area contributed by atoms with Gasteiger partial charge >= 0.3 is 0 Å². The largest absolute Gasteiger partial charge is 0.368 e. The number of hydrogen-bond donors (Lipinski definition) is 0. The lowest BCUT2D eigenvalue weighted by molar-refractivity contribution is 0.313. The van der Waals surface area contributed by atoms with Gasteiger partial charge in [-0.2, -0.15) is 5.10 Å². The average Bonchev–Trinajstić information content (AvgIpc) is 2.92. The number of nitrogens with zero attached hydrogens (tertiary/aromatic N) is 5. The Morgan fingerprint density at radius 3 is 2.55 bits per heavy atom. The van der Waals surface area contributed by atoms with E-state index in [1.165, 1.54) is 0 Å². The summed E-state index contributed by atoms with van der Waals surface area (Å²) in [5, 5.41) is 4.63. The van der Waals surface area contributed by atoms with Crippen LogP contribution in [0.3, 0.4) is 0 Å². The van der Waals surface area contributed by atoms with Crippen LogP contribution in [0.15, 0.2) is 24.7 Å². The van der Waals surface area contributed by atoms with Crippen LogP contribution in [0.5, 0.6) is 0 Å². The van der Waals surface area contributed by atoms with Crippen LogP contribution < -0.4 is 4.90 Å². The van der Waals surface area contributed by atoms with Gasteiger partial charge in [0.1, 0.15) is 5.15 Å². The molecule has 1 aliphatic heterocycles. The van der Waals surface area contributed by atoms with Crippen molar-refractivity contribution in [2.24, 2.45) is 7.05 Å². The summed E-state index contributed by atoms with van der Waals surface area (Å²) in [5.41, 5.74) is 2.85. The van der Waals surface area contributed by atoms with Gasteiger partial charge in [0.2, 0.25) is 0 Å². The standard InChI is InChI=1S/C16H18ClN5/c1-20-5-7-22(8-6-20)15-9-16(17)18-11-14(15)4-3-13-10-19-21(2)12-13/h9-12H,5-8H2,1-2H3. The Hall–Kier alpha value is -2.03. The molecule has 1 aliphatic rings. The summed E-state index contributed by atoms with van der Waals surface area (Å²) in [7, 11) is 4.02. The summed E-state index contributed by atoms with van der Waals surface area (Å²) in [6.45, 7) is 4.02. The molecule has 3 heterocycles. The van der Waals surface area contributed by atoms with Crippen molar-refractivity contribution in [3.63, 3.8) is 0 Å². The smallest absolute Gasteiger partial charge is 0.131 e. The van der Waals surface area contributed by atoms with Gasteiger partial charge in [-0.05, 0) is 7.05 Å². The highest BCUT2D eigenvalue weighted by Gasteiger charge is 2.17. The minimum atomic E-state index is 0.501. The van der Waals surface area contributed by atoms with Gasteiger partial charge < -0.3 is 9.80 Å². The van der Waals surface area contributed by atoms with E-state index in [2.05, 4.69) is 38.8 Å². The van der Waals surface area contributed by atoms with Crippen LogP contribution in [-0.2, 0) is 7.05 Å². The fourth-order valence-corrected chi connectivity index (χ4v) is 2.60. The molecule has 0 saturated carbocycles. The molecule has 0 atom stereocenters. The number of rotatable bonds is 1. The highest BCUT2D eigenvalue weighted by atomic mass is 35.5. The number of halogens is 1. The second-order valence-electron chi connectivity index (χ2n) is 5.47. The molecule has 114 valence electrons. The Kier molecular flexibility index (Phi) is 4.32. The number of pyridine rings is 1. The van der Waals surface area contributed by atoms with Crippen LogP contribution in [0.25, 0.3) is 0 Å². The van der Waals surface area contributed by atoms with Crippen molar-refractivity contribution in [3.8, 4) is 11.8 Å². The summed E-state index contributed by atoms with van der Waals surface area (Å²) in [4.78, 5) is 8.81. The number of likely N-dealkylation sites (N-methyl/N-ethyl adjacent to an activating group) is 1. The normalized spacial score (nSPS) is 15.5. The Labute approximate surface area is 135 Å². The molecule has 0 amide bonds. The van der Waals surface area contributed by atoms with Crippen LogP contribution in [0.1, 0.15) is 11.1 Å². The topological polar surface area (TPSA) is 37.2 Å². The third kappa shape index (κ3) is 3.41. The highest BCUT2D eigenvalue weighted by Crippen LogP contribution is 2.23. The molecule has 0 bridgehead atoms. The van der Waals surface area contributed by atoms with Crippen molar-refractivity contribution >= 4 is 17.3 Å². The van der Waals surface area contributed by atoms with Crippen LogP contribution in [0, 0.1) is 11.8 Å². The van der Waals surface area contributed by atoms with Gasteiger partial charge in [-0.1, -0.05) is 23.4 Å². The molecule has 6 heteroatoms. The SMILES string of the molecule is CN1CCN(c2cc(Cl)ncc2C#Cc2cnn(C)c2)CC1. The van der Waals surface area contributed by atoms with Crippen LogP contribution in [0.2, 0.25) is 5.15 Å². The third-order valence-corrected chi connectivity index (χ3v) is 3.95. The third-order valence-electron chi connectivity index (χ3n) is 3.74.